The second-order valence-corrected chi connectivity index (χ2v) is 6.22. The third kappa shape index (κ3) is 3.51. The lowest BCUT2D eigenvalue weighted by Crippen LogP contribution is -2.08. The van der Waals surface area contributed by atoms with Gasteiger partial charge in [0.25, 0.3) is 0 Å². The van der Waals surface area contributed by atoms with Crippen LogP contribution >= 0.6 is 31.9 Å². The molecule has 1 aromatic heterocycles. The highest BCUT2D eigenvalue weighted by Crippen LogP contribution is 2.28. The second kappa shape index (κ2) is 7.45. The van der Waals surface area contributed by atoms with Gasteiger partial charge in [-0.2, -0.15) is 5.10 Å². The van der Waals surface area contributed by atoms with Crippen LogP contribution in [0, 0.1) is 6.92 Å². The van der Waals surface area contributed by atoms with Crippen molar-refractivity contribution in [3.8, 4) is 5.75 Å². The maximum Gasteiger partial charge on any atom is 0.131 e. The molecule has 1 heterocycles. The SMILES string of the molecule is CCc1nn(CC)c(COc2c(C)cccc2CBr)c1Br. The van der Waals surface area contributed by atoms with E-state index in [9.17, 15) is 0 Å². The molecular weight excluding hydrogens is 396 g/mol. The van der Waals surface area contributed by atoms with E-state index in [1.165, 1.54) is 5.56 Å². The van der Waals surface area contributed by atoms with Gasteiger partial charge in [0.1, 0.15) is 12.4 Å². The third-order valence-corrected chi connectivity index (χ3v) is 5.00. The van der Waals surface area contributed by atoms with E-state index in [1.807, 2.05) is 4.68 Å². The Balaban J connectivity index is 2.26. The number of hydrogen-bond donors (Lipinski definition) is 0. The number of aromatic nitrogens is 2. The molecule has 0 amide bonds. The zero-order valence-corrected chi connectivity index (χ0v) is 15.8. The lowest BCUT2D eigenvalue weighted by Gasteiger charge is -2.13. The average Bonchev–Trinajstić information content (AvgIpc) is 2.81. The minimum atomic E-state index is 0.520. The van der Waals surface area contributed by atoms with E-state index < -0.39 is 0 Å². The quantitative estimate of drug-likeness (QED) is 0.620. The summed E-state index contributed by atoms with van der Waals surface area (Å²) in [6.45, 7) is 7.65. The summed E-state index contributed by atoms with van der Waals surface area (Å²) in [7, 11) is 0. The highest BCUT2D eigenvalue weighted by atomic mass is 79.9. The van der Waals surface area contributed by atoms with Crippen LogP contribution in [0.3, 0.4) is 0 Å². The van der Waals surface area contributed by atoms with E-state index in [0.29, 0.717) is 6.61 Å². The zero-order chi connectivity index (χ0) is 15.4. The van der Waals surface area contributed by atoms with Crippen molar-refractivity contribution in [2.24, 2.45) is 0 Å². The van der Waals surface area contributed by atoms with Gasteiger partial charge in [0, 0.05) is 17.4 Å². The molecule has 0 atom stereocenters. The number of halogens is 2. The molecule has 0 aliphatic carbocycles. The molecule has 2 aromatic rings. The van der Waals surface area contributed by atoms with Crippen LogP contribution in [0.2, 0.25) is 0 Å². The molecule has 2 rings (SSSR count). The molecular formula is C16H20Br2N2O. The van der Waals surface area contributed by atoms with Gasteiger partial charge in [0.15, 0.2) is 0 Å². The summed E-state index contributed by atoms with van der Waals surface area (Å²) in [5.74, 6) is 0.961. The van der Waals surface area contributed by atoms with Crippen LogP contribution in [0.5, 0.6) is 5.75 Å². The predicted octanol–water partition coefficient (Wildman–Crippen LogP) is 5.01. The average molecular weight is 416 g/mol. The normalized spacial score (nSPS) is 10.9. The molecule has 0 N–H and O–H groups in total. The molecule has 21 heavy (non-hydrogen) atoms. The van der Waals surface area contributed by atoms with Crippen molar-refractivity contribution in [1.29, 1.82) is 0 Å². The van der Waals surface area contributed by atoms with E-state index in [-0.39, 0.29) is 0 Å². The highest BCUT2D eigenvalue weighted by Gasteiger charge is 2.15. The molecule has 0 radical (unpaired) electrons. The number of ether oxygens (including phenoxy) is 1. The van der Waals surface area contributed by atoms with Crippen molar-refractivity contribution in [1.82, 2.24) is 9.78 Å². The molecule has 0 saturated carbocycles. The topological polar surface area (TPSA) is 27.1 Å². The van der Waals surface area contributed by atoms with E-state index >= 15 is 0 Å². The van der Waals surface area contributed by atoms with Gasteiger partial charge in [-0.25, -0.2) is 0 Å². The van der Waals surface area contributed by atoms with Gasteiger partial charge in [0.2, 0.25) is 0 Å². The van der Waals surface area contributed by atoms with Gasteiger partial charge in [-0.1, -0.05) is 41.1 Å². The van der Waals surface area contributed by atoms with E-state index in [0.717, 1.165) is 45.5 Å². The summed E-state index contributed by atoms with van der Waals surface area (Å²) in [6, 6.07) is 6.21. The van der Waals surface area contributed by atoms with Crippen LogP contribution in [0.25, 0.3) is 0 Å². The Hall–Kier alpha value is -0.810. The van der Waals surface area contributed by atoms with Crippen LogP contribution in [-0.4, -0.2) is 9.78 Å². The Morgan fingerprint density at radius 1 is 1.29 bits per heavy atom. The highest BCUT2D eigenvalue weighted by molar-refractivity contribution is 9.10. The molecule has 3 nitrogen and oxygen atoms in total. The van der Waals surface area contributed by atoms with Gasteiger partial charge in [-0.15, -0.1) is 0 Å². The fourth-order valence-electron chi connectivity index (χ4n) is 2.32. The molecule has 0 aliphatic rings. The first-order chi connectivity index (χ1) is 10.1. The van der Waals surface area contributed by atoms with Crippen LogP contribution in [0.15, 0.2) is 22.7 Å². The monoisotopic (exact) mass is 414 g/mol. The minimum absolute atomic E-state index is 0.520. The summed E-state index contributed by atoms with van der Waals surface area (Å²) in [5.41, 5.74) is 4.50. The first-order valence-electron chi connectivity index (χ1n) is 7.13. The summed E-state index contributed by atoms with van der Waals surface area (Å²) >= 11 is 7.18. The van der Waals surface area contributed by atoms with Crippen molar-refractivity contribution in [2.45, 2.75) is 45.7 Å². The predicted molar refractivity (Wildman–Crippen MR) is 93.1 cm³/mol. The van der Waals surface area contributed by atoms with Gasteiger partial charge < -0.3 is 4.74 Å². The number of rotatable bonds is 6. The van der Waals surface area contributed by atoms with Gasteiger partial charge >= 0.3 is 0 Å². The van der Waals surface area contributed by atoms with Crippen molar-refractivity contribution >= 4 is 31.9 Å². The van der Waals surface area contributed by atoms with Crippen LogP contribution in [0.4, 0.5) is 0 Å². The van der Waals surface area contributed by atoms with Crippen LogP contribution < -0.4 is 4.74 Å². The second-order valence-electron chi connectivity index (χ2n) is 4.86. The summed E-state index contributed by atoms with van der Waals surface area (Å²) in [6.07, 6.45) is 0.914. The zero-order valence-electron chi connectivity index (χ0n) is 12.6. The number of aryl methyl sites for hydroxylation is 3. The van der Waals surface area contributed by atoms with E-state index in [1.54, 1.807) is 0 Å². The van der Waals surface area contributed by atoms with E-state index in [2.05, 4.69) is 75.9 Å². The van der Waals surface area contributed by atoms with Gasteiger partial charge in [-0.05, 0) is 41.8 Å². The lowest BCUT2D eigenvalue weighted by molar-refractivity contribution is 0.287. The number of nitrogens with zero attached hydrogens (tertiary/aromatic N) is 2. The molecule has 5 heteroatoms. The number of alkyl halides is 1. The smallest absolute Gasteiger partial charge is 0.131 e. The standard InChI is InChI=1S/C16H20Br2N2O/c1-4-13-15(18)14(20(5-2)19-13)10-21-16-11(3)7-6-8-12(16)9-17/h6-8H,4-5,9-10H2,1-3H3. The Bertz CT molecular complexity index is 623. The molecule has 0 spiro atoms. The summed E-state index contributed by atoms with van der Waals surface area (Å²) < 4.78 is 9.18. The first kappa shape index (κ1) is 16.6. The molecule has 1 aromatic carbocycles. The lowest BCUT2D eigenvalue weighted by atomic mass is 10.1. The molecule has 0 fully saturated rings. The van der Waals surface area contributed by atoms with E-state index in [4.69, 9.17) is 4.74 Å². The summed E-state index contributed by atoms with van der Waals surface area (Å²) in [5, 5.41) is 5.39. The Kier molecular flexibility index (Phi) is 5.88. The Morgan fingerprint density at radius 3 is 2.67 bits per heavy atom. The molecule has 0 unspecified atom stereocenters. The molecule has 0 saturated heterocycles. The summed E-state index contributed by atoms with van der Waals surface area (Å²) in [4.78, 5) is 0. The number of hydrogen-bond acceptors (Lipinski definition) is 2. The number of para-hydroxylation sites is 1. The third-order valence-electron chi connectivity index (χ3n) is 3.48. The molecule has 114 valence electrons. The van der Waals surface area contributed by atoms with Gasteiger partial charge in [-0.3, -0.25) is 4.68 Å². The fraction of sp³-hybridized carbons (Fsp3) is 0.438. The molecule has 0 bridgehead atoms. The number of benzene rings is 1. The van der Waals surface area contributed by atoms with Crippen molar-refractivity contribution < 1.29 is 4.74 Å². The first-order valence-corrected chi connectivity index (χ1v) is 9.05. The van der Waals surface area contributed by atoms with Crippen molar-refractivity contribution in [2.75, 3.05) is 0 Å². The molecule has 0 aliphatic heterocycles. The Morgan fingerprint density at radius 2 is 2.05 bits per heavy atom. The van der Waals surface area contributed by atoms with Crippen LogP contribution in [0.1, 0.15) is 36.4 Å². The van der Waals surface area contributed by atoms with Gasteiger partial charge in [0.05, 0.1) is 15.9 Å². The fourth-order valence-corrected chi connectivity index (χ4v) is 3.44. The maximum absolute atomic E-state index is 6.11. The van der Waals surface area contributed by atoms with Crippen molar-refractivity contribution in [3.63, 3.8) is 0 Å². The largest absolute Gasteiger partial charge is 0.487 e. The van der Waals surface area contributed by atoms with Crippen molar-refractivity contribution in [3.05, 3.63) is 45.2 Å². The maximum atomic E-state index is 6.11. The Labute approximate surface area is 142 Å². The van der Waals surface area contributed by atoms with Crippen LogP contribution in [-0.2, 0) is 24.9 Å². The minimum Gasteiger partial charge on any atom is -0.487 e.